The van der Waals surface area contributed by atoms with E-state index in [4.69, 9.17) is 30.6 Å². The first-order valence-electron chi connectivity index (χ1n) is 7.80. The number of aromatic amines is 2. The second-order valence-electron chi connectivity index (χ2n) is 5.17. The van der Waals surface area contributed by atoms with Gasteiger partial charge in [-0.3, -0.25) is 0 Å². The van der Waals surface area contributed by atoms with Crippen molar-refractivity contribution in [2.75, 3.05) is 0 Å². The molecule has 0 unspecified atom stereocenters. The van der Waals surface area contributed by atoms with Crippen LogP contribution in [0.25, 0.3) is 0 Å². The predicted molar refractivity (Wildman–Crippen MR) is 105 cm³/mol. The molecule has 3 aromatic rings. The SMILES string of the molecule is O=C(O)c1ccc(C(=O)O)[nH]1.O=C(O)c1cnc(C(=O)O)[nH]1.O=C(O)c1nnc(C(=O)O)s1.[HH].[HH]. The van der Waals surface area contributed by atoms with Gasteiger partial charge in [0.25, 0.3) is 0 Å². The van der Waals surface area contributed by atoms with Crippen molar-refractivity contribution in [3.05, 3.63) is 51.3 Å². The second kappa shape index (κ2) is 11.3. The Morgan fingerprint density at radius 3 is 1.27 bits per heavy atom. The minimum absolute atomic E-state index is 0. The van der Waals surface area contributed by atoms with Crippen molar-refractivity contribution in [1.82, 2.24) is 25.1 Å². The number of nitrogens with zero attached hydrogens (tertiary/aromatic N) is 3. The second-order valence-corrected chi connectivity index (χ2v) is 6.15. The van der Waals surface area contributed by atoms with Gasteiger partial charge < -0.3 is 40.6 Å². The highest BCUT2D eigenvalue weighted by Crippen LogP contribution is 2.08. The number of carboxylic acids is 6. The largest absolute Gasteiger partial charge is 0.477 e. The van der Waals surface area contributed by atoms with Crippen LogP contribution in [-0.4, -0.2) is 91.6 Å². The Bertz CT molecular complexity index is 987. The number of rotatable bonds is 6. The first kappa shape index (κ1) is 25.9. The lowest BCUT2D eigenvalue weighted by molar-refractivity contribution is 0.0666. The van der Waals surface area contributed by atoms with Crippen molar-refractivity contribution in [2.45, 2.75) is 0 Å². The van der Waals surface area contributed by atoms with E-state index >= 15 is 0 Å². The average molecular weight is 489 g/mol. The maximum absolute atomic E-state index is 10.2. The number of carboxylic acid groups (broad SMARTS) is 6. The molecule has 0 saturated carbocycles. The number of aromatic carboxylic acids is 6. The normalized spacial score (nSPS) is 9.45. The number of nitrogens with one attached hydrogen (secondary N) is 2. The zero-order valence-electron chi connectivity index (χ0n) is 15.6. The third-order valence-corrected chi connectivity index (χ3v) is 3.85. The molecule has 3 heterocycles. The fourth-order valence-electron chi connectivity index (χ4n) is 1.58. The Hall–Kier alpha value is -5.13. The molecule has 0 radical (unpaired) electrons. The third-order valence-electron chi connectivity index (χ3n) is 2.95. The Kier molecular flexibility index (Phi) is 8.88. The fourth-order valence-corrected chi connectivity index (χ4v) is 2.10. The summed E-state index contributed by atoms with van der Waals surface area (Å²) in [5.41, 5.74) is -0.479. The molecule has 8 N–H and O–H groups in total. The summed E-state index contributed by atoms with van der Waals surface area (Å²) in [4.78, 5) is 68.7. The molecule has 17 nitrogen and oxygen atoms in total. The molecule has 0 saturated heterocycles. The summed E-state index contributed by atoms with van der Waals surface area (Å²) in [6, 6.07) is 2.40. The number of hydrogen-bond donors (Lipinski definition) is 8. The summed E-state index contributed by atoms with van der Waals surface area (Å²) < 4.78 is 0. The maximum atomic E-state index is 10.2. The molecule has 0 atom stereocenters. The van der Waals surface area contributed by atoms with Gasteiger partial charge in [-0.2, -0.15) is 0 Å². The lowest BCUT2D eigenvalue weighted by Gasteiger charge is -1.86. The van der Waals surface area contributed by atoms with E-state index in [1.807, 2.05) is 0 Å². The maximum Gasteiger partial charge on any atom is 0.371 e. The molecule has 33 heavy (non-hydrogen) atoms. The van der Waals surface area contributed by atoms with Crippen LogP contribution in [0.2, 0.25) is 0 Å². The van der Waals surface area contributed by atoms with E-state index < -0.39 is 35.8 Å². The first-order chi connectivity index (χ1) is 15.3. The average Bonchev–Trinajstić information content (AvgIpc) is 3.49. The Morgan fingerprint density at radius 1 is 0.636 bits per heavy atom. The molecule has 0 spiro atoms. The van der Waals surface area contributed by atoms with Gasteiger partial charge in [0.1, 0.15) is 17.1 Å². The molecule has 0 fully saturated rings. The van der Waals surface area contributed by atoms with E-state index in [0.717, 1.165) is 6.20 Å². The van der Waals surface area contributed by atoms with Gasteiger partial charge in [-0.25, -0.2) is 33.8 Å². The summed E-state index contributed by atoms with van der Waals surface area (Å²) in [5, 5.41) is 55.5. The third kappa shape index (κ3) is 7.90. The summed E-state index contributed by atoms with van der Waals surface area (Å²) in [6.45, 7) is 0. The molecule has 0 bridgehead atoms. The summed E-state index contributed by atoms with van der Waals surface area (Å²) >= 11 is 0.528. The molecular weight excluding hydrogens is 474 g/mol. The van der Waals surface area contributed by atoms with Gasteiger partial charge in [0, 0.05) is 2.85 Å². The molecule has 0 aliphatic carbocycles. The van der Waals surface area contributed by atoms with Crippen LogP contribution in [0.3, 0.4) is 0 Å². The van der Waals surface area contributed by atoms with Crippen LogP contribution in [0.4, 0.5) is 0 Å². The zero-order chi connectivity index (χ0) is 25.3. The Morgan fingerprint density at radius 2 is 1.06 bits per heavy atom. The predicted octanol–water partition coefficient (Wildman–Crippen LogP) is 0.644. The van der Waals surface area contributed by atoms with Crippen molar-refractivity contribution in [1.29, 1.82) is 0 Å². The van der Waals surface area contributed by atoms with Crippen LogP contribution in [0.1, 0.15) is 64.5 Å². The molecule has 178 valence electrons. The molecule has 0 aliphatic heterocycles. The summed E-state index contributed by atoms with van der Waals surface area (Å²) in [6.07, 6.45) is 0.950. The van der Waals surface area contributed by atoms with E-state index in [0.29, 0.717) is 11.3 Å². The molecular formula is C15H15N5O12S. The molecule has 3 aromatic heterocycles. The van der Waals surface area contributed by atoms with Crippen molar-refractivity contribution in [3.8, 4) is 0 Å². The van der Waals surface area contributed by atoms with Crippen LogP contribution < -0.4 is 0 Å². The monoisotopic (exact) mass is 489 g/mol. The van der Waals surface area contributed by atoms with Gasteiger partial charge in [-0.15, -0.1) is 10.2 Å². The Labute approximate surface area is 186 Å². The van der Waals surface area contributed by atoms with Crippen molar-refractivity contribution in [2.24, 2.45) is 0 Å². The van der Waals surface area contributed by atoms with E-state index in [1.165, 1.54) is 12.1 Å². The standard InChI is InChI=1S/C6H5NO4.C5H4N2O4.C4H2N2O4S.2H2/c8-5(9)3-1-2-4(7-3)6(10)11;8-4(9)2-1-6-3(7-2)5(10)11;7-3(8)1-5-6-2(11-1)4(9)10;;/h1-2,7H,(H,8,9)(H,10,11);1H,(H,6,7)(H,8,9)(H,10,11);(H,7,8)(H,9,10);2*1H. The number of imidazole rings is 1. The van der Waals surface area contributed by atoms with Crippen molar-refractivity contribution >= 4 is 47.2 Å². The summed E-state index contributed by atoms with van der Waals surface area (Å²) in [5.74, 6) is -7.76. The fraction of sp³-hybridized carbons (Fsp3) is 0. The van der Waals surface area contributed by atoms with Crippen LogP contribution in [0, 0.1) is 0 Å². The minimum Gasteiger partial charge on any atom is -0.477 e. The van der Waals surface area contributed by atoms with Crippen LogP contribution in [-0.2, 0) is 0 Å². The molecule has 3 rings (SSSR count). The van der Waals surface area contributed by atoms with Crippen molar-refractivity contribution < 1.29 is 62.3 Å². The molecule has 0 aliphatic rings. The van der Waals surface area contributed by atoms with E-state index in [-0.39, 0.29) is 35.8 Å². The first-order valence-corrected chi connectivity index (χ1v) is 8.62. The highest BCUT2D eigenvalue weighted by Gasteiger charge is 2.15. The van der Waals surface area contributed by atoms with Gasteiger partial charge in [-0.1, -0.05) is 11.3 Å². The van der Waals surface area contributed by atoms with Crippen molar-refractivity contribution in [3.63, 3.8) is 0 Å². The number of hydrogen-bond acceptors (Lipinski definition) is 10. The molecule has 18 heteroatoms. The van der Waals surface area contributed by atoms with Crippen LogP contribution in [0.15, 0.2) is 18.3 Å². The highest BCUT2D eigenvalue weighted by atomic mass is 32.1. The highest BCUT2D eigenvalue weighted by molar-refractivity contribution is 7.14. The topological polar surface area (TPSA) is 294 Å². The molecule has 0 aromatic carbocycles. The number of carbonyl (C=O) groups is 6. The summed E-state index contributed by atoms with van der Waals surface area (Å²) in [7, 11) is 0. The van der Waals surface area contributed by atoms with Gasteiger partial charge in [0.2, 0.25) is 15.8 Å². The Balaban J connectivity index is 0. The van der Waals surface area contributed by atoms with E-state index in [1.54, 1.807) is 0 Å². The van der Waals surface area contributed by atoms with Gasteiger partial charge in [-0.05, 0) is 12.1 Å². The quantitative estimate of drug-likeness (QED) is 0.235. The van der Waals surface area contributed by atoms with E-state index in [2.05, 4.69) is 25.1 Å². The number of aromatic nitrogens is 5. The lowest BCUT2D eigenvalue weighted by Crippen LogP contribution is -2.01. The lowest BCUT2D eigenvalue weighted by atomic mass is 10.4. The minimum atomic E-state index is -1.28. The smallest absolute Gasteiger partial charge is 0.371 e. The van der Waals surface area contributed by atoms with Crippen LogP contribution in [0.5, 0.6) is 0 Å². The van der Waals surface area contributed by atoms with Gasteiger partial charge in [0.15, 0.2) is 0 Å². The van der Waals surface area contributed by atoms with Gasteiger partial charge >= 0.3 is 35.8 Å². The zero-order valence-corrected chi connectivity index (χ0v) is 16.4. The van der Waals surface area contributed by atoms with Gasteiger partial charge in [0.05, 0.1) is 6.20 Å². The molecule has 0 amide bonds. The number of H-pyrrole nitrogens is 2. The van der Waals surface area contributed by atoms with Crippen LogP contribution >= 0.6 is 11.3 Å². The van der Waals surface area contributed by atoms with E-state index in [9.17, 15) is 28.8 Å².